The van der Waals surface area contributed by atoms with Crippen LogP contribution in [0.2, 0.25) is 0 Å². The monoisotopic (exact) mass is 422 g/mol. The molecule has 0 radical (unpaired) electrons. The number of hydrogen-bond acceptors (Lipinski definition) is 6. The lowest BCUT2D eigenvalue weighted by Crippen LogP contribution is -2.53. The highest BCUT2D eigenvalue weighted by Gasteiger charge is 2.47. The third kappa shape index (κ3) is 4.52. The number of ether oxygens (including phenoxy) is 2. The summed E-state index contributed by atoms with van der Waals surface area (Å²) < 4.78 is 10.8. The summed E-state index contributed by atoms with van der Waals surface area (Å²) in [5.74, 6) is 0.384. The van der Waals surface area contributed by atoms with Crippen molar-refractivity contribution in [2.45, 2.75) is 75.2 Å². The molecule has 8 heteroatoms. The van der Waals surface area contributed by atoms with Gasteiger partial charge >= 0.3 is 0 Å². The van der Waals surface area contributed by atoms with Gasteiger partial charge in [0.25, 0.3) is 0 Å². The van der Waals surface area contributed by atoms with Crippen molar-refractivity contribution in [2.24, 2.45) is 0 Å². The zero-order valence-electron chi connectivity index (χ0n) is 18.6. The molecule has 4 rings (SSSR count). The molecule has 1 N–H and O–H groups in total. The molecule has 0 bridgehead atoms. The Morgan fingerprint density at radius 2 is 1.97 bits per heavy atom. The lowest BCUT2D eigenvalue weighted by molar-refractivity contribution is -0.133. The summed E-state index contributed by atoms with van der Waals surface area (Å²) in [5.41, 5.74) is 0. The molecule has 0 unspecified atom stereocenters. The van der Waals surface area contributed by atoms with Crippen LogP contribution < -0.4 is 5.32 Å². The van der Waals surface area contributed by atoms with Crippen LogP contribution >= 0.6 is 0 Å². The minimum Gasteiger partial charge on any atom is -0.383 e. The minimum atomic E-state index is -0.0801. The van der Waals surface area contributed by atoms with Gasteiger partial charge in [-0.1, -0.05) is 0 Å². The van der Waals surface area contributed by atoms with Crippen LogP contribution in [0.5, 0.6) is 0 Å². The van der Waals surface area contributed by atoms with Gasteiger partial charge in [0, 0.05) is 64.5 Å². The summed E-state index contributed by atoms with van der Waals surface area (Å²) in [7, 11) is 3.84. The number of amides is 2. The molecule has 170 valence electrons. The van der Waals surface area contributed by atoms with Crippen LogP contribution in [-0.4, -0.2) is 110 Å². The second-order valence-electron chi connectivity index (χ2n) is 9.32. The first-order valence-electron chi connectivity index (χ1n) is 11.7. The average Bonchev–Trinajstić information content (AvgIpc) is 3.39. The summed E-state index contributed by atoms with van der Waals surface area (Å²) in [6, 6.07) is 1.01. The molecule has 0 aliphatic carbocycles. The number of methoxy groups -OCH3 is 1. The summed E-state index contributed by atoms with van der Waals surface area (Å²) in [6.45, 7) is 4.64. The van der Waals surface area contributed by atoms with Crippen molar-refractivity contribution >= 4 is 11.8 Å². The maximum absolute atomic E-state index is 13.0. The predicted molar refractivity (Wildman–Crippen MR) is 113 cm³/mol. The van der Waals surface area contributed by atoms with Gasteiger partial charge in [-0.15, -0.1) is 0 Å². The highest BCUT2D eigenvalue weighted by atomic mass is 16.5. The molecule has 4 saturated heterocycles. The van der Waals surface area contributed by atoms with Crippen LogP contribution in [0, 0.1) is 0 Å². The fraction of sp³-hybridized carbons (Fsp3) is 0.909. The van der Waals surface area contributed by atoms with Gasteiger partial charge in [0.05, 0.1) is 12.6 Å². The standard InChI is InChI=1S/C22H38N4O4/c1-24-17(5-6-20(27)25-10-3-4-18(25)15-29-2)14-23-22(28)21-19(24)7-11-26(21)16-8-12-30-13-9-16/h16-19,21H,3-15H2,1-2H3,(H,23,28)/t17-,18+,19+,21-/m0/s1. The molecule has 4 fully saturated rings. The van der Waals surface area contributed by atoms with Crippen LogP contribution in [0.3, 0.4) is 0 Å². The molecular weight excluding hydrogens is 384 g/mol. The Labute approximate surface area is 180 Å². The van der Waals surface area contributed by atoms with Gasteiger partial charge in [-0.2, -0.15) is 0 Å². The van der Waals surface area contributed by atoms with Gasteiger partial charge < -0.3 is 19.7 Å². The lowest BCUT2D eigenvalue weighted by atomic mass is 10.0. The average molecular weight is 423 g/mol. The number of likely N-dealkylation sites (N-methyl/N-ethyl adjacent to an activating group) is 1. The van der Waals surface area contributed by atoms with Crippen LogP contribution in [-0.2, 0) is 19.1 Å². The maximum atomic E-state index is 13.0. The Balaban J connectivity index is 1.36. The van der Waals surface area contributed by atoms with Crippen LogP contribution in [0.25, 0.3) is 0 Å². The van der Waals surface area contributed by atoms with Crippen molar-refractivity contribution in [2.75, 3.05) is 53.6 Å². The van der Waals surface area contributed by atoms with E-state index in [4.69, 9.17) is 9.47 Å². The van der Waals surface area contributed by atoms with Crippen molar-refractivity contribution in [3.63, 3.8) is 0 Å². The van der Waals surface area contributed by atoms with Gasteiger partial charge in [0.2, 0.25) is 11.8 Å². The van der Waals surface area contributed by atoms with Crippen molar-refractivity contribution in [1.29, 1.82) is 0 Å². The number of fused-ring (bicyclic) bond motifs is 1. The first-order valence-corrected chi connectivity index (χ1v) is 11.7. The number of carbonyl (C=O) groups excluding carboxylic acids is 2. The molecule has 0 aromatic carbocycles. The number of rotatable bonds is 6. The second-order valence-corrected chi connectivity index (χ2v) is 9.32. The molecule has 4 heterocycles. The van der Waals surface area contributed by atoms with Crippen molar-refractivity contribution < 1.29 is 19.1 Å². The quantitative estimate of drug-likeness (QED) is 0.670. The zero-order chi connectivity index (χ0) is 21.1. The molecule has 30 heavy (non-hydrogen) atoms. The van der Waals surface area contributed by atoms with E-state index in [1.807, 2.05) is 4.90 Å². The molecule has 0 aromatic rings. The van der Waals surface area contributed by atoms with Crippen LogP contribution in [0.4, 0.5) is 0 Å². The van der Waals surface area contributed by atoms with Gasteiger partial charge in [-0.05, 0) is 45.6 Å². The van der Waals surface area contributed by atoms with Crippen molar-refractivity contribution in [3.05, 3.63) is 0 Å². The molecular formula is C22H38N4O4. The molecule has 0 spiro atoms. The van der Waals surface area contributed by atoms with E-state index in [-0.39, 0.29) is 36.0 Å². The van der Waals surface area contributed by atoms with Crippen LogP contribution in [0.1, 0.15) is 44.9 Å². The Hall–Kier alpha value is -1.22. The van der Waals surface area contributed by atoms with E-state index in [2.05, 4.69) is 22.2 Å². The zero-order valence-corrected chi connectivity index (χ0v) is 18.6. The number of nitrogens with zero attached hydrogens (tertiary/aromatic N) is 3. The van der Waals surface area contributed by atoms with E-state index in [1.165, 1.54) is 0 Å². The van der Waals surface area contributed by atoms with Crippen LogP contribution in [0.15, 0.2) is 0 Å². The van der Waals surface area contributed by atoms with E-state index in [9.17, 15) is 9.59 Å². The summed E-state index contributed by atoms with van der Waals surface area (Å²) in [6.07, 6.45) is 6.44. The Morgan fingerprint density at radius 1 is 1.17 bits per heavy atom. The van der Waals surface area contributed by atoms with E-state index < -0.39 is 0 Å². The topological polar surface area (TPSA) is 74.3 Å². The Morgan fingerprint density at radius 3 is 2.73 bits per heavy atom. The molecule has 0 aromatic heterocycles. The molecule has 0 saturated carbocycles. The molecule has 4 aliphatic rings. The summed E-state index contributed by atoms with van der Waals surface area (Å²) in [5, 5.41) is 3.19. The fourth-order valence-corrected chi connectivity index (χ4v) is 5.98. The normalized spacial score (nSPS) is 34.1. The lowest BCUT2D eigenvalue weighted by Gasteiger charge is -2.37. The SMILES string of the molecule is COC[C@H]1CCCN1C(=O)CC[C@H]1CNC(=O)[C@@H]2[C@@H](CCN2C2CCOCC2)N1C. The smallest absolute Gasteiger partial charge is 0.239 e. The van der Waals surface area contributed by atoms with E-state index in [1.54, 1.807) is 7.11 Å². The Kier molecular flexibility index (Phi) is 7.28. The largest absolute Gasteiger partial charge is 0.383 e. The van der Waals surface area contributed by atoms with Gasteiger partial charge in [0.15, 0.2) is 0 Å². The molecule has 4 aliphatic heterocycles. The van der Waals surface area contributed by atoms with Gasteiger partial charge in [-0.25, -0.2) is 0 Å². The molecule has 8 nitrogen and oxygen atoms in total. The van der Waals surface area contributed by atoms with Gasteiger partial charge in [0.1, 0.15) is 6.04 Å². The summed E-state index contributed by atoms with van der Waals surface area (Å²) >= 11 is 0. The molecule has 2 amide bonds. The summed E-state index contributed by atoms with van der Waals surface area (Å²) in [4.78, 5) is 32.7. The number of carbonyl (C=O) groups is 2. The van der Waals surface area contributed by atoms with Crippen molar-refractivity contribution in [3.8, 4) is 0 Å². The Bertz CT molecular complexity index is 612. The third-order valence-electron chi connectivity index (χ3n) is 7.69. The van der Waals surface area contributed by atoms with E-state index in [0.29, 0.717) is 25.6 Å². The highest BCUT2D eigenvalue weighted by Crippen LogP contribution is 2.31. The highest BCUT2D eigenvalue weighted by molar-refractivity contribution is 5.83. The first kappa shape index (κ1) is 22.0. The number of nitrogens with one attached hydrogen (secondary N) is 1. The third-order valence-corrected chi connectivity index (χ3v) is 7.69. The maximum Gasteiger partial charge on any atom is 0.239 e. The fourth-order valence-electron chi connectivity index (χ4n) is 5.98. The second kappa shape index (κ2) is 9.94. The number of hydrogen-bond donors (Lipinski definition) is 1. The minimum absolute atomic E-state index is 0.0801. The number of likely N-dealkylation sites (tertiary alicyclic amines) is 2. The first-order chi connectivity index (χ1) is 14.6. The van der Waals surface area contributed by atoms with E-state index in [0.717, 1.165) is 64.8 Å². The van der Waals surface area contributed by atoms with Crippen molar-refractivity contribution in [1.82, 2.24) is 20.0 Å². The van der Waals surface area contributed by atoms with E-state index >= 15 is 0 Å². The predicted octanol–water partition coefficient (Wildman–Crippen LogP) is 0.456. The van der Waals surface area contributed by atoms with Gasteiger partial charge in [-0.3, -0.25) is 19.4 Å². The molecule has 4 atom stereocenters.